The van der Waals surface area contributed by atoms with Crippen molar-refractivity contribution in [1.82, 2.24) is 20.2 Å². The number of benzene rings is 2. The zero-order valence-electron chi connectivity index (χ0n) is 16.8. The zero-order chi connectivity index (χ0) is 21.1. The van der Waals surface area contributed by atoms with Gasteiger partial charge in [0.25, 0.3) is 5.56 Å². The van der Waals surface area contributed by atoms with Crippen molar-refractivity contribution in [2.45, 2.75) is 25.4 Å². The number of nitrogens with one attached hydrogen (secondary N) is 2. The lowest BCUT2D eigenvalue weighted by atomic mass is 10.1. The molecule has 0 bridgehead atoms. The van der Waals surface area contributed by atoms with Gasteiger partial charge in [0.15, 0.2) is 5.82 Å². The van der Waals surface area contributed by atoms with Crippen LogP contribution in [0.3, 0.4) is 0 Å². The van der Waals surface area contributed by atoms with Gasteiger partial charge in [-0.3, -0.25) is 4.79 Å². The van der Waals surface area contributed by atoms with Crippen LogP contribution in [0.4, 0.5) is 15.0 Å². The van der Waals surface area contributed by atoms with E-state index in [-0.39, 0.29) is 23.4 Å². The molecule has 156 valence electrons. The summed E-state index contributed by atoms with van der Waals surface area (Å²) in [5.74, 6) is 0.154. The van der Waals surface area contributed by atoms with Gasteiger partial charge in [-0.15, -0.1) is 0 Å². The van der Waals surface area contributed by atoms with Crippen LogP contribution < -0.4 is 21.1 Å². The number of fused-ring (bicyclic) bond motifs is 1. The Kier molecular flexibility index (Phi) is 5.65. The average Bonchev–Trinajstić information content (AvgIpc) is 2.76. The molecular weight excluding hydrogens is 385 g/mol. The maximum Gasteiger partial charge on any atom is 0.315 e. The van der Waals surface area contributed by atoms with Crippen molar-refractivity contribution in [2.75, 3.05) is 18.0 Å². The van der Waals surface area contributed by atoms with E-state index in [1.165, 1.54) is 12.1 Å². The maximum atomic E-state index is 12.9. The number of hydrogen-bond acceptors (Lipinski definition) is 4. The van der Waals surface area contributed by atoms with E-state index in [1.54, 1.807) is 23.7 Å². The minimum absolute atomic E-state index is 0.0266. The summed E-state index contributed by atoms with van der Waals surface area (Å²) >= 11 is 0. The number of aryl methyl sites for hydroxylation is 1. The summed E-state index contributed by atoms with van der Waals surface area (Å²) in [4.78, 5) is 31.5. The van der Waals surface area contributed by atoms with Gasteiger partial charge in [-0.25, -0.2) is 14.2 Å². The molecule has 0 saturated carbocycles. The molecule has 2 N–H and O–H groups in total. The molecule has 2 amide bonds. The van der Waals surface area contributed by atoms with Gasteiger partial charge in [-0.05, 0) is 42.7 Å². The summed E-state index contributed by atoms with van der Waals surface area (Å²) in [7, 11) is 1.76. The standard InChI is InChI=1S/C22H24FN5O2/c1-27-19-5-3-2-4-18(19)26-20(21(27)29)28-12-10-17(11-13-28)25-22(30)24-14-15-6-8-16(23)9-7-15/h2-9,17H,10-14H2,1H3,(H2,24,25,30). The number of urea groups is 1. The Bertz CT molecular complexity index is 1100. The van der Waals surface area contributed by atoms with E-state index in [9.17, 15) is 14.0 Å². The summed E-state index contributed by atoms with van der Waals surface area (Å²) in [5.41, 5.74) is 2.31. The maximum absolute atomic E-state index is 12.9. The predicted molar refractivity (Wildman–Crippen MR) is 114 cm³/mol. The van der Waals surface area contributed by atoms with E-state index in [0.717, 1.165) is 29.4 Å². The highest BCUT2D eigenvalue weighted by atomic mass is 19.1. The second-order valence-electron chi connectivity index (χ2n) is 7.50. The molecule has 2 heterocycles. The first kappa shape index (κ1) is 19.9. The van der Waals surface area contributed by atoms with Crippen LogP contribution in [-0.4, -0.2) is 34.7 Å². The molecule has 1 aromatic heterocycles. The van der Waals surface area contributed by atoms with Gasteiger partial charge in [0.1, 0.15) is 5.82 Å². The molecule has 0 spiro atoms. The first-order valence-electron chi connectivity index (χ1n) is 10.0. The summed E-state index contributed by atoms with van der Waals surface area (Å²) in [6, 6.07) is 13.4. The monoisotopic (exact) mass is 409 g/mol. The lowest BCUT2D eigenvalue weighted by Gasteiger charge is -2.33. The van der Waals surface area contributed by atoms with Gasteiger partial charge in [0.2, 0.25) is 0 Å². The van der Waals surface area contributed by atoms with Gasteiger partial charge in [-0.1, -0.05) is 24.3 Å². The Hall–Kier alpha value is -3.42. The predicted octanol–water partition coefficient (Wildman–Crippen LogP) is 2.54. The quantitative estimate of drug-likeness (QED) is 0.694. The van der Waals surface area contributed by atoms with Crippen molar-refractivity contribution in [3.05, 3.63) is 70.3 Å². The van der Waals surface area contributed by atoms with Crippen molar-refractivity contribution in [3.63, 3.8) is 0 Å². The van der Waals surface area contributed by atoms with Crippen LogP contribution in [-0.2, 0) is 13.6 Å². The third-order valence-corrected chi connectivity index (χ3v) is 5.46. The van der Waals surface area contributed by atoms with E-state index >= 15 is 0 Å². The summed E-state index contributed by atoms with van der Waals surface area (Å²) < 4.78 is 14.6. The molecule has 30 heavy (non-hydrogen) atoms. The van der Waals surface area contributed by atoms with Crippen molar-refractivity contribution in [1.29, 1.82) is 0 Å². The van der Waals surface area contributed by atoms with Gasteiger partial charge >= 0.3 is 6.03 Å². The van der Waals surface area contributed by atoms with Gasteiger partial charge in [-0.2, -0.15) is 0 Å². The van der Waals surface area contributed by atoms with Crippen LogP contribution in [0, 0.1) is 5.82 Å². The van der Waals surface area contributed by atoms with E-state index in [2.05, 4.69) is 15.6 Å². The van der Waals surface area contributed by atoms with E-state index in [1.807, 2.05) is 29.2 Å². The van der Waals surface area contributed by atoms with Crippen LogP contribution in [0.25, 0.3) is 11.0 Å². The molecule has 0 aliphatic carbocycles. The number of para-hydroxylation sites is 2. The smallest absolute Gasteiger partial charge is 0.315 e. The number of piperidine rings is 1. The Morgan fingerprint density at radius 3 is 2.57 bits per heavy atom. The number of aromatic nitrogens is 2. The Morgan fingerprint density at radius 1 is 1.13 bits per heavy atom. The number of anilines is 1. The van der Waals surface area contributed by atoms with Crippen molar-refractivity contribution in [2.24, 2.45) is 7.05 Å². The molecule has 1 aliphatic rings. The van der Waals surface area contributed by atoms with Crippen molar-refractivity contribution < 1.29 is 9.18 Å². The molecule has 1 aliphatic heterocycles. The number of hydrogen-bond donors (Lipinski definition) is 2. The second kappa shape index (κ2) is 8.52. The van der Waals surface area contributed by atoms with Crippen LogP contribution >= 0.6 is 0 Å². The fraction of sp³-hybridized carbons (Fsp3) is 0.318. The first-order valence-corrected chi connectivity index (χ1v) is 10.0. The van der Waals surface area contributed by atoms with Crippen LogP contribution in [0.15, 0.2) is 53.3 Å². The number of halogens is 1. The molecule has 2 aromatic carbocycles. The molecule has 0 atom stereocenters. The minimum atomic E-state index is -0.300. The van der Waals surface area contributed by atoms with Gasteiger partial charge in [0, 0.05) is 32.7 Å². The third-order valence-electron chi connectivity index (χ3n) is 5.46. The van der Waals surface area contributed by atoms with Crippen molar-refractivity contribution in [3.8, 4) is 0 Å². The molecule has 0 unspecified atom stereocenters. The highest BCUT2D eigenvalue weighted by molar-refractivity contribution is 5.76. The van der Waals surface area contributed by atoms with E-state index < -0.39 is 0 Å². The topological polar surface area (TPSA) is 79.3 Å². The molecular formula is C22H24FN5O2. The highest BCUT2D eigenvalue weighted by Gasteiger charge is 2.24. The largest absolute Gasteiger partial charge is 0.352 e. The fourth-order valence-electron chi connectivity index (χ4n) is 3.73. The van der Waals surface area contributed by atoms with E-state index in [0.29, 0.717) is 25.5 Å². The van der Waals surface area contributed by atoms with Crippen LogP contribution in [0.2, 0.25) is 0 Å². The number of nitrogens with zero attached hydrogens (tertiary/aromatic N) is 3. The van der Waals surface area contributed by atoms with Gasteiger partial charge < -0.3 is 20.1 Å². The Balaban J connectivity index is 1.33. The SMILES string of the molecule is Cn1c(=O)c(N2CCC(NC(=O)NCc3ccc(F)cc3)CC2)nc2ccccc21. The fourth-order valence-corrected chi connectivity index (χ4v) is 3.73. The number of carbonyl (C=O) groups excluding carboxylic acids is 1. The normalized spacial score (nSPS) is 14.7. The summed E-state index contributed by atoms with van der Waals surface area (Å²) in [5, 5.41) is 5.77. The Labute approximate surface area is 173 Å². The highest BCUT2D eigenvalue weighted by Crippen LogP contribution is 2.18. The minimum Gasteiger partial charge on any atom is -0.352 e. The molecule has 3 aromatic rings. The number of rotatable bonds is 4. The molecule has 8 heteroatoms. The molecule has 1 saturated heterocycles. The van der Waals surface area contributed by atoms with Crippen LogP contribution in [0.5, 0.6) is 0 Å². The lowest BCUT2D eigenvalue weighted by molar-refractivity contribution is 0.234. The molecule has 4 rings (SSSR count). The van der Waals surface area contributed by atoms with Crippen LogP contribution in [0.1, 0.15) is 18.4 Å². The zero-order valence-corrected chi connectivity index (χ0v) is 16.8. The third kappa shape index (κ3) is 4.27. The number of carbonyl (C=O) groups is 1. The summed E-state index contributed by atoms with van der Waals surface area (Å²) in [6.07, 6.45) is 1.45. The first-order chi connectivity index (χ1) is 14.5. The molecule has 7 nitrogen and oxygen atoms in total. The number of amides is 2. The van der Waals surface area contributed by atoms with Crippen molar-refractivity contribution >= 4 is 22.9 Å². The van der Waals surface area contributed by atoms with E-state index in [4.69, 9.17) is 0 Å². The lowest BCUT2D eigenvalue weighted by Crippen LogP contribution is -2.49. The molecule has 0 radical (unpaired) electrons. The average molecular weight is 409 g/mol. The second-order valence-corrected chi connectivity index (χ2v) is 7.50. The Morgan fingerprint density at radius 2 is 1.83 bits per heavy atom. The molecule has 1 fully saturated rings. The van der Waals surface area contributed by atoms with Gasteiger partial charge in [0.05, 0.1) is 11.0 Å². The summed E-state index contributed by atoms with van der Waals surface area (Å²) in [6.45, 7) is 1.62.